The molecule has 9 nitrogen and oxygen atoms in total. The van der Waals surface area contributed by atoms with Crippen LogP contribution in [0.15, 0.2) is 52.0 Å². The summed E-state index contributed by atoms with van der Waals surface area (Å²) in [6, 6.07) is 7.56. The second kappa shape index (κ2) is 6.62. The van der Waals surface area contributed by atoms with E-state index in [2.05, 4.69) is 17.3 Å². The van der Waals surface area contributed by atoms with E-state index in [1.54, 1.807) is 18.2 Å². The van der Waals surface area contributed by atoms with E-state index < -0.39 is 4.92 Å². The Kier molecular flexibility index (Phi) is 3.93. The third-order valence-electron chi connectivity index (χ3n) is 7.23. The van der Waals surface area contributed by atoms with Gasteiger partial charge in [-0.1, -0.05) is 12.2 Å². The number of carbonyl (C=O) groups excluding carboxylic acids is 2. The van der Waals surface area contributed by atoms with Crippen LogP contribution in [0.4, 0.5) is 5.69 Å². The summed E-state index contributed by atoms with van der Waals surface area (Å²) in [5, 5.41) is 16.2. The number of carbonyl (C=O) groups is 2. The minimum absolute atomic E-state index is 0.0902. The molecule has 2 aromatic rings. The molecule has 2 saturated carbocycles. The summed E-state index contributed by atoms with van der Waals surface area (Å²) in [6.45, 7) is 0. The highest BCUT2D eigenvalue weighted by molar-refractivity contribution is 6.06. The quantitative estimate of drug-likeness (QED) is 0.235. The molecule has 9 heteroatoms. The summed E-state index contributed by atoms with van der Waals surface area (Å²) in [6.07, 6.45) is 6.70. The van der Waals surface area contributed by atoms with Crippen LogP contribution < -0.4 is 4.74 Å². The van der Waals surface area contributed by atoms with Crippen LogP contribution in [0.3, 0.4) is 0 Å². The van der Waals surface area contributed by atoms with E-state index in [-0.39, 0.29) is 41.2 Å². The van der Waals surface area contributed by atoms with Crippen LogP contribution in [0.2, 0.25) is 0 Å². The van der Waals surface area contributed by atoms with Gasteiger partial charge in [0.2, 0.25) is 0 Å². The Bertz CT molecular complexity index is 1190. The van der Waals surface area contributed by atoms with E-state index in [1.165, 1.54) is 25.5 Å². The Morgan fingerprint density at radius 3 is 2.44 bits per heavy atom. The van der Waals surface area contributed by atoms with Crippen molar-refractivity contribution in [1.29, 1.82) is 0 Å². The molecule has 0 N–H and O–H groups in total. The van der Waals surface area contributed by atoms with E-state index >= 15 is 0 Å². The van der Waals surface area contributed by atoms with Crippen molar-refractivity contribution in [1.82, 2.24) is 5.01 Å². The van der Waals surface area contributed by atoms with Gasteiger partial charge in [-0.05, 0) is 48.3 Å². The fourth-order valence-electron chi connectivity index (χ4n) is 5.73. The number of ether oxygens (including phenoxy) is 1. The number of benzene rings is 1. The third-order valence-corrected chi connectivity index (χ3v) is 7.23. The van der Waals surface area contributed by atoms with E-state index in [0.717, 1.165) is 11.4 Å². The normalized spacial score (nSPS) is 31.8. The predicted molar refractivity (Wildman–Crippen MR) is 111 cm³/mol. The summed E-state index contributed by atoms with van der Waals surface area (Å²) < 4.78 is 11.0. The second-order valence-corrected chi connectivity index (χ2v) is 8.73. The van der Waals surface area contributed by atoms with Crippen LogP contribution >= 0.6 is 0 Å². The number of hydrazone groups is 1. The summed E-state index contributed by atoms with van der Waals surface area (Å²) in [7, 11) is 1.42. The molecule has 0 unspecified atom stereocenters. The second-order valence-electron chi connectivity index (χ2n) is 8.73. The van der Waals surface area contributed by atoms with Gasteiger partial charge in [-0.15, -0.1) is 0 Å². The third kappa shape index (κ3) is 2.60. The monoisotopic (exact) mass is 433 g/mol. The smallest absolute Gasteiger partial charge is 0.273 e. The number of allylic oxidation sites excluding steroid dienone is 2. The van der Waals surface area contributed by atoms with Crippen molar-refractivity contribution in [3.8, 4) is 17.1 Å². The number of non-ortho nitro benzene ring substituents is 1. The number of hydrogen-bond acceptors (Lipinski definition) is 7. The van der Waals surface area contributed by atoms with Gasteiger partial charge >= 0.3 is 0 Å². The number of hydrogen-bond donors (Lipinski definition) is 0. The Morgan fingerprint density at radius 1 is 1.12 bits per heavy atom. The molecule has 162 valence electrons. The molecular formula is C23H19N3O6. The van der Waals surface area contributed by atoms with E-state index in [1.807, 2.05) is 0 Å². The van der Waals surface area contributed by atoms with E-state index in [0.29, 0.717) is 34.7 Å². The lowest BCUT2D eigenvalue weighted by atomic mass is 9.63. The molecule has 4 aliphatic carbocycles. The van der Waals surface area contributed by atoms with Crippen LogP contribution in [-0.2, 0) is 9.59 Å². The molecule has 0 spiro atoms. The van der Waals surface area contributed by atoms with Crippen molar-refractivity contribution in [2.24, 2.45) is 40.6 Å². The molecule has 32 heavy (non-hydrogen) atoms. The lowest BCUT2D eigenvalue weighted by Crippen LogP contribution is -2.40. The van der Waals surface area contributed by atoms with Gasteiger partial charge in [-0.25, -0.2) is 0 Å². The lowest BCUT2D eigenvalue weighted by molar-refractivity contribution is -0.384. The topological polar surface area (TPSA) is 115 Å². The number of furan rings is 1. The van der Waals surface area contributed by atoms with Gasteiger partial charge < -0.3 is 9.15 Å². The Labute approximate surface area is 182 Å². The average molecular weight is 433 g/mol. The minimum atomic E-state index is -0.501. The Morgan fingerprint density at radius 2 is 1.81 bits per heavy atom. The molecule has 2 heterocycles. The molecule has 2 amide bonds. The maximum Gasteiger partial charge on any atom is 0.273 e. The molecule has 0 radical (unpaired) electrons. The minimum Gasteiger partial charge on any atom is -0.496 e. The molecule has 1 saturated heterocycles. The van der Waals surface area contributed by atoms with Gasteiger partial charge in [-0.3, -0.25) is 19.7 Å². The number of nitro benzene ring substituents is 1. The molecule has 2 bridgehead atoms. The summed E-state index contributed by atoms with van der Waals surface area (Å²) in [5.74, 6) is 1.39. The van der Waals surface area contributed by atoms with Gasteiger partial charge in [0.1, 0.15) is 17.3 Å². The maximum absolute atomic E-state index is 13.0. The number of imide groups is 1. The molecule has 3 fully saturated rings. The molecule has 1 aromatic carbocycles. The lowest BCUT2D eigenvalue weighted by Gasteiger charge is -2.37. The summed E-state index contributed by atoms with van der Waals surface area (Å²) >= 11 is 0. The first-order valence-corrected chi connectivity index (χ1v) is 10.5. The zero-order valence-electron chi connectivity index (χ0n) is 17.1. The number of methoxy groups -OCH3 is 1. The standard InChI is InChI=1S/C23H19N3O6/c1-31-19-8-11(26(29)30)2-4-15(19)18-7-3-12(32-18)10-24-25-22(27)20-13-5-6-14(17-9-16(13)17)21(20)23(25)28/h2-8,10,13-14,16-17,20-21H,9H2,1H3/b24-10-/t13-,14-,16-,17+,20+,21+/m1/s1. The highest BCUT2D eigenvalue weighted by atomic mass is 16.6. The van der Waals surface area contributed by atoms with Gasteiger partial charge in [0.15, 0.2) is 0 Å². The summed E-state index contributed by atoms with van der Waals surface area (Å²) in [5.41, 5.74) is 0.450. The van der Waals surface area contributed by atoms with Gasteiger partial charge in [0, 0.05) is 6.07 Å². The van der Waals surface area contributed by atoms with Crippen molar-refractivity contribution >= 4 is 23.7 Å². The van der Waals surface area contributed by atoms with Crippen LogP contribution in [0.25, 0.3) is 11.3 Å². The Hall–Kier alpha value is -3.75. The van der Waals surface area contributed by atoms with E-state index in [9.17, 15) is 19.7 Å². The van der Waals surface area contributed by atoms with Crippen molar-refractivity contribution in [2.75, 3.05) is 7.11 Å². The van der Waals surface area contributed by atoms with Crippen LogP contribution in [-0.4, -0.2) is 35.1 Å². The van der Waals surface area contributed by atoms with Gasteiger partial charge in [-0.2, -0.15) is 10.1 Å². The van der Waals surface area contributed by atoms with E-state index in [4.69, 9.17) is 9.15 Å². The average Bonchev–Trinajstić information content (AvgIpc) is 3.44. The van der Waals surface area contributed by atoms with Crippen LogP contribution in [0, 0.1) is 45.6 Å². The molecule has 1 aliphatic heterocycles. The van der Waals surface area contributed by atoms with Crippen molar-refractivity contribution in [2.45, 2.75) is 6.42 Å². The molecule has 5 aliphatic rings. The summed E-state index contributed by atoms with van der Waals surface area (Å²) in [4.78, 5) is 36.4. The largest absolute Gasteiger partial charge is 0.496 e. The SMILES string of the molecule is COc1cc([N+](=O)[O-])ccc1-c1ccc(/C=N\N2C(=O)[C@H]3[C@@H]4C=C[C@H]([C@@H]5C[C@H]45)[C@@H]3C2=O)o1. The van der Waals surface area contributed by atoms with Crippen LogP contribution in [0.5, 0.6) is 5.75 Å². The highest BCUT2D eigenvalue weighted by Gasteiger charge is 2.67. The van der Waals surface area contributed by atoms with Gasteiger partial charge in [0.25, 0.3) is 17.5 Å². The first-order valence-electron chi connectivity index (χ1n) is 10.5. The fourth-order valence-corrected chi connectivity index (χ4v) is 5.73. The molecular weight excluding hydrogens is 414 g/mol. The Balaban J connectivity index is 1.24. The molecule has 6 atom stereocenters. The molecule has 1 aromatic heterocycles. The maximum atomic E-state index is 13.0. The fraction of sp³-hybridized carbons (Fsp3) is 0.348. The number of nitrogens with zero attached hydrogens (tertiary/aromatic N) is 3. The van der Waals surface area contributed by atoms with Crippen LogP contribution in [0.1, 0.15) is 12.2 Å². The van der Waals surface area contributed by atoms with Crippen molar-refractivity contribution in [3.63, 3.8) is 0 Å². The van der Waals surface area contributed by atoms with Crippen molar-refractivity contribution < 1.29 is 23.7 Å². The first-order chi connectivity index (χ1) is 15.5. The molecule has 7 rings (SSSR count). The zero-order chi connectivity index (χ0) is 22.1. The number of amides is 2. The van der Waals surface area contributed by atoms with Gasteiger partial charge in [0.05, 0.1) is 41.7 Å². The number of rotatable bonds is 5. The first kappa shape index (κ1) is 19.0. The highest BCUT2D eigenvalue weighted by Crippen LogP contribution is 2.65. The number of nitro groups is 1. The predicted octanol–water partition coefficient (Wildman–Crippen LogP) is 3.25. The van der Waals surface area contributed by atoms with Crippen molar-refractivity contribution in [3.05, 3.63) is 58.4 Å². The zero-order valence-corrected chi connectivity index (χ0v) is 17.1.